The van der Waals surface area contributed by atoms with E-state index in [1.165, 1.54) is 16.4 Å². The van der Waals surface area contributed by atoms with Gasteiger partial charge >= 0.3 is 0 Å². The third kappa shape index (κ3) is 3.94. The number of nitrogens with zero attached hydrogens (tertiary/aromatic N) is 5. The Morgan fingerprint density at radius 2 is 1.73 bits per heavy atom. The molecular formula is C20H20N6O3S. The number of aryl methyl sites for hydroxylation is 1. The van der Waals surface area contributed by atoms with E-state index >= 15 is 0 Å². The monoisotopic (exact) mass is 424 g/mol. The van der Waals surface area contributed by atoms with Gasteiger partial charge in [0.1, 0.15) is 0 Å². The van der Waals surface area contributed by atoms with E-state index < -0.39 is 0 Å². The summed E-state index contributed by atoms with van der Waals surface area (Å²) >= 11 is 1.36. The topological polar surface area (TPSA) is 114 Å². The standard InChI is InChI=1S/C20H20N6O3S/c1-12-4-6-13(7-5-12)19-23-24-20(26(19)21)30-11-17-22-18(25-29-17)14-8-9-15(27-2)16(10-14)28-3/h4-10H,11,21H2,1-3H3. The molecule has 4 rings (SSSR count). The van der Waals surface area contributed by atoms with Crippen molar-refractivity contribution in [2.45, 2.75) is 17.8 Å². The molecule has 9 nitrogen and oxygen atoms in total. The van der Waals surface area contributed by atoms with Gasteiger partial charge in [-0.3, -0.25) is 0 Å². The van der Waals surface area contributed by atoms with Crippen LogP contribution in [0.1, 0.15) is 11.5 Å². The van der Waals surface area contributed by atoms with E-state index in [0.717, 1.165) is 16.7 Å². The molecule has 2 N–H and O–H groups in total. The molecule has 30 heavy (non-hydrogen) atoms. The number of ether oxygens (including phenoxy) is 2. The molecule has 2 aromatic heterocycles. The number of rotatable bonds is 7. The maximum Gasteiger partial charge on any atom is 0.237 e. The van der Waals surface area contributed by atoms with E-state index in [-0.39, 0.29) is 0 Å². The molecule has 4 aromatic rings. The van der Waals surface area contributed by atoms with Crippen LogP contribution < -0.4 is 15.3 Å². The second-order valence-electron chi connectivity index (χ2n) is 6.41. The highest BCUT2D eigenvalue weighted by molar-refractivity contribution is 7.98. The molecule has 0 saturated heterocycles. The Morgan fingerprint density at radius 1 is 1.00 bits per heavy atom. The van der Waals surface area contributed by atoms with Gasteiger partial charge in [0.25, 0.3) is 0 Å². The van der Waals surface area contributed by atoms with Gasteiger partial charge in [-0.2, -0.15) is 4.98 Å². The van der Waals surface area contributed by atoms with Gasteiger partial charge < -0.3 is 19.8 Å². The Labute approximate surface area is 177 Å². The van der Waals surface area contributed by atoms with Gasteiger partial charge in [0.2, 0.25) is 16.9 Å². The van der Waals surface area contributed by atoms with Crippen molar-refractivity contribution in [1.82, 2.24) is 25.0 Å². The molecule has 0 bridgehead atoms. The molecule has 0 fully saturated rings. The minimum Gasteiger partial charge on any atom is -0.493 e. The third-order valence-corrected chi connectivity index (χ3v) is 5.34. The van der Waals surface area contributed by atoms with Crippen LogP contribution in [0.4, 0.5) is 0 Å². The Morgan fingerprint density at radius 3 is 2.47 bits per heavy atom. The van der Waals surface area contributed by atoms with Gasteiger partial charge in [0, 0.05) is 11.1 Å². The Hall–Kier alpha value is -3.53. The van der Waals surface area contributed by atoms with Gasteiger partial charge in [-0.15, -0.1) is 10.2 Å². The van der Waals surface area contributed by atoms with Crippen molar-refractivity contribution in [3.05, 3.63) is 53.9 Å². The van der Waals surface area contributed by atoms with Crippen LogP contribution in [0.15, 0.2) is 52.1 Å². The number of benzene rings is 2. The van der Waals surface area contributed by atoms with Gasteiger partial charge in [0.05, 0.1) is 20.0 Å². The molecule has 0 saturated carbocycles. The molecule has 0 unspecified atom stereocenters. The highest BCUT2D eigenvalue weighted by atomic mass is 32.2. The molecule has 10 heteroatoms. The highest BCUT2D eigenvalue weighted by Gasteiger charge is 2.16. The molecule has 0 radical (unpaired) electrons. The van der Waals surface area contributed by atoms with Crippen LogP contribution in [-0.2, 0) is 5.75 Å². The van der Waals surface area contributed by atoms with E-state index in [1.54, 1.807) is 26.4 Å². The minimum absolute atomic E-state index is 0.406. The van der Waals surface area contributed by atoms with E-state index in [1.807, 2.05) is 37.3 Å². The SMILES string of the molecule is COc1ccc(-c2noc(CSc3nnc(-c4ccc(C)cc4)n3N)n2)cc1OC. The highest BCUT2D eigenvalue weighted by Crippen LogP contribution is 2.31. The van der Waals surface area contributed by atoms with Crippen molar-refractivity contribution in [3.8, 4) is 34.3 Å². The number of methoxy groups -OCH3 is 2. The third-order valence-electron chi connectivity index (χ3n) is 4.41. The molecule has 2 aromatic carbocycles. The largest absolute Gasteiger partial charge is 0.493 e. The van der Waals surface area contributed by atoms with E-state index in [0.29, 0.717) is 39.9 Å². The maximum atomic E-state index is 6.17. The summed E-state index contributed by atoms with van der Waals surface area (Å²) in [6, 6.07) is 13.4. The van der Waals surface area contributed by atoms with Crippen LogP contribution in [0, 0.1) is 6.92 Å². The average molecular weight is 424 g/mol. The predicted molar refractivity (Wildman–Crippen MR) is 113 cm³/mol. The first-order chi connectivity index (χ1) is 14.6. The second-order valence-corrected chi connectivity index (χ2v) is 7.35. The summed E-state index contributed by atoms with van der Waals surface area (Å²) in [6.45, 7) is 2.03. The lowest BCUT2D eigenvalue weighted by molar-refractivity contribution is 0.355. The molecule has 154 valence electrons. The number of nitrogens with two attached hydrogens (primary N) is 1. The summed E-state index contributed by atoms with van der Waals surface area (Å²) in [5, 5.41) is 13.0. The zero-order valence-electron chi connectivity index (χ0n) is 16.7. The zero-order valence-corrected chi connectivity index (χ0v) is 17.5. The normalized spacial score (nSPS) is 10.9. The first kappa shape index (κ1) is 19.8. The van der Waals surface area contributed by atoms with Crippen LogP contribution >= 0.6 is 11.8 Å². The molecule has 0 spiro atoms. The fourth-order valence-electron chi connectivity index (χ4n) is 2.81. The Bertz CT molecular complexity index is 1160. The predicted octanol–water partition coefficient (Wildman–Crippen LogP) is 3.33. The van der Waals surface area contributed by atoms with Crippen molar-refractivity contribution >= 4 is 11.8 Å². The molecule has 0 aliphatic heterocycles. The summed E-state index contributed by atoms with van der Waals surface area (Å²) in [4.78, 5) is 4.44. The molecule has 0 amide bonds. The summed E-state index contributed by atoms with van der Waals surface area (Å²) in [7, 11) is 3.16. The van der Waals surface area contributed by atoms with Crippen LogP contribution in [0.2, 0.25) is 0 Å². The first-order valence-corrected chi connectivity index (χ1v) is 10.0. The van der Waals surface area contributed by atoms with Crippen molar-refractivity contribution in [2.24, 2.45) is 0 Å². The second kappa shape index (κ2) is 8.46. The van der Waals surface area contributed by atoms with Gasteiger partial charge in [-0.25, -0.2) is 4.68 Å². The summed E-state index contributed by atoms with van der Waals surface area (Å²) < 4.78 is 17.4. The Kier molecular flexibility index (Phi) is 5.57. The molecule has 0 aliphatic rings. The number of thioether (sulfide) groups is 1. The Balaban J connectivity index is 1.47. The summed E-state index contributed by atoms with van der Waals surface area (Å²) in [6.07, 6.45) is 0. The molecule has 0 atom stereocenters. The van der Waals surface area contributed by atoms with Crippen molar-refractivity contribution in [3.63, 3.8) is 0 Å². The van der Waals surface area contributed by atoms with Crippen LogP contribution in [-0.4, -0.2) is 39.2 Å². The van der Waals surface area contributed by atoms with Crippen LogP contribution in [0.5, 0.6) is 11.5 Å². The van der Waals surface area contributed by atoms with Gasteiger partial charge in [-0.05, 0) is 25.1 Å². The first-order valence-electron chi connectivity index (χ1n) is 9.04. The summed E-state index contributed by atoms with van der Waals surface area (Å²) in [5.74, 6) is 9.30. The van der Waals surface area contributed by atoms with Crippen molar-refractivity contribution in [2.75, 3.05) is 20.1 Å². The van der Waals surface area contributed by atoms with E-state index in [9.17, 15) is 0 Å². The number of nitrogen functional groups attached to an aromatic ring is 1. The lowest BCUT2D eigenvalue weighted by atomic mass is 10.1. The fraction of sp³-hybridized carbons (Fsp3) is 0.200. The quantitative estimate of drug-likeness (QED) is 0.352. The van der Waals surface area contributed by atoms with Crippen LogP contribution in [0.25, 0.3) is 22.8 Å². The fourth-order valence-corrected chi connectivity index (χ4v) is 3.50. The average Bonchev–Trinajstić information content (AvgIpc) is 3.39. The molecule has 0 aliphatic carbocycles. The van der Waals surface area contributed by atoms with Gasteiger partial charge in [0.15, 0.2) is 17.3 Å². The number of hydrogen-bond acceptors (Lipinski definition) is 9. The van der Waals surface area contributed by atoms with Crippen molar-refractivity contribution in [1.29, 1.82) is 0 Å². The lowest BCUT2D eigenvalue weighted by Crippen LogP contribution is -2.11. The maximum absolute atomic E-state index is 6.17. The van der Waals surface area contributed by atoms with E-state index in [4.69, 9.17) is 19.8 Å². The van der Waals surface area contributed by atoms with Crippen LogP contribution in [0.3, 0.4) is 0 Å². The number of hydrogen-bond donors (Lipinski definition) is 1. The van der Waals surface area contributed by atoms with Gasteiger partial charge in [-0.1, -0.05) is 46.7 Å². The smallest absolute Gasteiger partial charge is 0.237 e. The molecular weight excluding hydrogens is 404 g/mol. The number of aromatic nitrogens is 5. The minimum atomic E-state index is 0.406. The zero-order chi connectivity index (χ0) is 21.1. The molecule has 2 heterocycles. The lowest BCUT2D eigenvalue weighted by Gasteiger charge is -2.07. The van der Waals surface area contributed by atoms with Crippen molar-refractivity contribution < 1.29 is 14.0 Å². The summed E-state index contributed by atoms with van der Waals surface area (Å²) in [5.41, 5.74) is 2.82. The van der Waals surface area contributed by atoms with E-state index in [2.05, 4.69) is 20.3 Å².